The van der Waals surface area contributed by atoms with Crippen molar-refractivity contribution in [3.63, 3.8) is 0 Å². The van der Waals surface area contributed by atoms with Gasteiger partial charge in [-0.15, -0.1) is 10.2 Å². The van der Waals surface area contributed by atoms with Gasteiger partial charge in [-0.25, -0.2) is 12.8 Å². The molecule has 13 heteroatoms. The molecule has 9 nitrogen and oxygen atoms in total. The van der Waals surface area contributed by atoms with Crippen LogP contribution in [-0.2, 0) is 24.3 Å². The Hall–Kier alpha value is -2.09. The number of thioether (sulfide) groups is 1. The minimum Gasteiger partial charge on any atom is -0.465 e. The fourth-order valence-corrected chi connectivity index (χ4v) is 6.07. The number of hydrogen-bond donors (Lipinski definition) is 1. The summed E-state index contributed by atoms with van der Waals surface area (Å²) >= 11 is 2.21. The Morgan fingerprint density at radius 1 is 1.33 bits per heavy atom. The van der Waals surface area contributed by atoms with Gasteiger partial charge in [0.25, 0.3) is 0 Å². The molecule has 2 heterocycles. The fourth-order valence-electron chi connectivity index (χ4n) is 2.86. The minimum absolute atomic E-state index is 0.0721. The van der Waals surface area contributed by atoms with E-state index in [2.05, 4.69) is 15.5 Å². The predicted octanol–water partition coefficient (Wildman–Crippen LogP) is 2.12. The highest BCUT2D eigenvalue weighted by atomic mass is 32.2. The number of sulfonamides is 1. The molecule has 0 unspecified atom stereocenters. The molecule has 162 valence electrons. The third-order valence-electron chi connectivity index (χ3n) is 4.18. The zero-order valence-corrected chi connectivity index (χ0v) is 18.4. The van der Waals surface area contributed by atoms with E-state index < -0.39 is 27.8 Å². The number of benzene rings is 1. The molecule has 0 spiro atoms. The molecule has 1 aliphatic heterocycles. The first kappa shape index (κ1) is 22.6. The van der Waals surface area contributed by atoms with Crippen LogP contribution >= 0.6 is 23.1 Å². The van der Waals surface area contributed by atoms with Crippen LogP contribution in [0.3, 0.4) is 0 Å². The zero-order valence-electron chi connectivity index (χ0n) is 15.9. The quantitative estimate of drug-likeness (QED) is 0.351. The lowest BCUT2D eigenvalue weighted by Crippen LogP contribution is -2.43. The van der Waals surface area contributed by atoms with Crippen molar-refractivity contribution in [3.05, 3.63) is 30.1 Å². The Morgan fingerprint density at radius 2 is 2.07 bits per heavy atom. The van der Waals surface area contributed by atoms with Gasteiger partial charge in [0.05, 0.1) is 17.3 Å². The molecule has 1 N–H and O–H groups in total. The molecule has 1 atom stereocenters. The number of halogens is 1. The molecule has 1 fully saturated rings. The summed E-state index contributed by atoms with van der Waals surface area (Å²) in [6.07, 6.45) is 0.880. The van der Waals surface area contributed by atoms with E-state index in [0.29, 0.717) is 17.2 Å². The number of hydrogen-bond acceptors (Lipinski definition) is 9. The van der Waals surface area contributed by atoms with Gasteiger partial charge in [0.2, 0.25) is 21.1 Å². The molecule has 1 aliphatic rings. The van der Waals surface area contributed by atoms with Gasteiger partial charge in [0.1, 0.15) is 11.9 Å². The lowest BCUT2D eigenvalue weighted by molar-refractivity contribution is -0.139. The van der Waals surface area contributed by atoms with Crippen LogP contribution in [0.15, 0.2) is 33.5 Å². The van der Waals surface area contributed by atoms with Gasteiger partial charge in [0, 0.05) is 6.54 Å². The standard InChI is InChI=1S/C17H19FN4O5S3/c1-2-27-14(23)10-28-17-21-20-16(29-17)19-15(24)13-4-3-9-22(13)30(25,26)12-7-5-11(18)6-8-12/h5-8,13H,2-4,9-10H2,1H3,(H,19,20,24)/t13-/m0/s1. The van der Waals surface area contributed by atoms with E-state index in [1.54, 1.807) is 6.92 Å². The Balaban J connectivity index is 1.65. The van der Waals surface area contributed by atoms with Crippen LogP contribution in [0.5, 0.6) is 0 Å². The molecule has 1 aromatic carbocycles. The maximum absolute atomic E-state index is 13.1. The molecular formula is C17H19FN4O5S3. The molecule has 1 saturated heterocycles. The van der Waals surface area contributed by atoms with Gasteiger partial charge < -0.3 is 4.74 Å². The van der Waals surface area contributed by atoms with Crippen LogP contribution in [0.25, 0.3) is 0 Å². The van der Waals surface area contributed by atoms with Crippen LogP contribution in [0.2, 0.25) is 0 Å². The summed E-state index contributed by atoms with van der Waals surface area (Å²) in [5.74, 6) is -1.37. The Bertz CT molecular complexity index is 1010. The summed E-state index contributed by atoms with van der Waals surface area (Å²) in [6.45, 7) is 2.19. The van der Waals surface area contributed by atoms with Gasteiger partial charge in [-0.3, -0.25) is 14.9 Å². The molecule has 0 bridgehead atoms. The number of esters is 1. The van der Waals surface area contributed by atoms with E-state index in [1.165, 1.54) is 12.1 Å². The van der Waals surface area contributed by atoms with Crippen molar-refractivity contribution in [3.8, 4) is 0 Å². The van der Waals surface area contributed by atoms with E-state index in [9.17, 15) is 22.4 Å². The fraction of sp³-hybridized carbons (Fsp3) is 0.412. The summed E-state index contributed by atoms with van der Waals surface area (Å²) in [7, 11) is -3.94. The monoisotopic (exact) mass is 474 g/mol. The van der Waals surface area contributed by atoms with Crippen LogP contribution in [0, 0.1) is 5.82 Å². The van der Waals surface area contributed by atoms with Crippen molar-refractivity contribution in [2.24, 2.45) is 0 Å². The summed E-state index contributed by atoms with van der Waals surface area (Å²) in [5, 5.41) is 10.5. The van der Waals surface area contributed by atoms with Crippen molar-refractivity contribution in [1.29, 1.82) is 0 Å². The zero-order chi connectivity index (χ0) is 21.7. The number of rotatable bonds is 8. The van der Waals surface area contributed by atoms with Crippen molar-refractivity contribution >= 4 is 50.1 Å². The number of ether oxygens (including phenoxy) is 1. The van der Waals surface area contributed by atoms with Gasteiger partial charge >= 0.3 is 5.97 Å². The first-order valence-electron chi connectivity index (χ1n) is 9.01. The highest BCUT2D eigenvalue weighted by molar-refractivity contribution is 8.01. The van der Waals surface area contributed by atoms with Gasteiger partial charge in [-0.2, -0.15) is 4.31 Å². The van der Waals surface area contributed by atoms with Crippen molar-refractivity contribution in [2.75, 3.05) is 24.2 Å². The van der Waals surface area contributed by atoms with Crippen LogP contribution in [0.4, 0.5) is 9.52 Å². The molecule has 0 radical (unpaired) electrons. The molecular weight excluding hydrogens is 455 g/mol. The highest BCUT2D eigenvalue weighted by Gasteiger charge is 2.39. The van der Waals surface area contributed by atoms with E-state index in [1.807, 2.05) is 0 Å². The van der Waals surface area contributed by atoms with Crippen molar-refractivity contribution < 1.29 is 27.1 Å². The van der Waals surface area contributed by atoms with E-state index in [0.717, 1.165) is 39.5 Å². The molecule has 0 aliphatic carbocycles. The van der Waals surface area contributed by atoms with Crippen molar-refractivity contribution in [1.82, 2.24) is 14.5 Å². The largest absolute Gasteiger partial charge is 0.465 e. The molecule has 3 rings (SSSR count). The molecule has 0 saturated carbocycles. The Kier molecular flexibility index (Phi) is 7.39. The predicted molar refractivity (Wildman–Crippen MR) is 109 cm³/mol. The second-order valence-corrected chi connectivity index (χ2v) is 10.3. The lowest BCUT2D eigenvalue weighted by atomic mass is 10.2. The maximum Gasteiger partial charge on any atom is 0.316 e. The van der Waals surface area contributed by atoms with Crippen LogP contribution in [-0.4, -0.2) is 59.7 Å². The number of anilines is 1. The van der Waals surface area contributed by atoms with E-state index >= 15 is 0 Å². The topological polar surface area (TPSA) is 119 Å². The van der Waals surface area contributed by atoms with E-state index in [4.69, 9.17) is 4.74 Å². The summed E-state index contributed by atoms with van der Waals surface area (Å²) in [4.78, 5) is 24.0. The lowest BCUT2D eigenvalue weighted by Gasteiger charge is -2.22. The number of amides is 1. The van der Waals surface area contributed by atoms with Crippen LogP contribution < -0.4 is 5.32 Å². The third-order valence-corrected chi connectivity index (χ3v) is 8.05. The number of aromatic nitrogens is 2. The van der Waals surface area contributed by atoms with Gasteiger partial charge in [-0.05, 0) is 44.0 Å². The molecule has 30 heavy (non-hydrogen) atoms. The second kappa shape index (κ2) is 9.81. The second-order valence-electron chi connectivity index (χ2n) is 6.18. The number of carbonyl (C=O) groups excluding carboxylic acids is 2. The molecule has 2 aromatic rings. The average molecular weight is 475 g/mol. The smallest absolute Gasteiger partial charge is 0.316 e. The minimum atomic E-state index is -3.94. The van der Waals surface area contributed by atoms with Gasteiger partial charge in [0.15, 0.2) is 4.34 Å². The summed E-state index contributed by atoms with van der Waals surface area (Å²) in [5.41, 5.74) is 0. The number of carbonyl (C=O) groups is 2. The highest BCUT2D eigenvalue weighted by Crippen LogP contribution is 2.29. The number of nitrogens with one attached hydrogen (secondary N) is 1. The molecule has 1 aromatic heterocycles. The Labute approximate surface area is 181 Å². The maximum atomic E-state index is 13.1. The summed E-state index contributed by atoms with van der Waals surface area (Å²) in [6, 6.07) is 3.58. The van der Waals surface area contributed by atoms with Gasteiger partial charge in [-0.1, -0.05) is 23.1 Å². The summed E-state index contributed by atoms with van der Waals surface area (Å²) < 4.78 is 45.3. The Morgan fingerprint density at radius 3 is 2.77 bits per heavy atom. The van der Waals surface area contributed by atoms with E-state index in [-0.39, 0.29) is 34.9 Å². The number of nitrogens with zero attached hydrogens (tertiary/aromatic N) is 3. The third kappa shape index (κ3) is 5.33. The molecule has 1 amide bonds. The first-order valence-corrected chi connectivity index (χ1v) is 12.3. The SMILES string of the molecule is CCOC(=O)CSc1nnc(NC(=O)[C@@H]2CCCN2S(=O)(=O)c2ccc(F)cc2)s1. The average Bonchev–Trinajstić information content (AvgIpc) is 3.37. The first-order chi connectivity index (χ1) is 14.3. The van der Waals surface area contributed by atoms with Crippen LogP contribution in [0.1, 0.15) is 19.8 Å². The van der Waals surface area contributed by atoms with Crippen molar-refractivity contribution in [2.45, 2.75) is 35.0 Å². The normalized spacial score (nSPS) is 17.1.